The highest BCUT2D eigenvalue weighted by atomic mass is 16.1. The van der Waals surface area contributed by atoms with Crippen LogP contribution in [0.3, 0.4) is 0 Å². The first-order valence-corrected chi connectivity index (χ1v) is 4.91. The second-order valence-electron chi connectivity index (χ2n) is 3.52. The summed E-state index contributed by atoms with van der Waals surface area (Å²) in [5.74, 6) is 0.443. The Morgan fingerprint density at radius 1 is 1.31 bits per heavy atom. The van der Waals surface area contributed by atoms with Gasteiger partial charge in [-0.1, -0.05) is 6.07 Å². The van der Waals surface area contributed by atoms with E-state index >= 15 is 0 Å². The summed E-state index contributed by atoms with van der Waals surface area (Å²) in [5, 5.41) is 4.12. The smallest absolute Gasteiger partial charge is 0.267 e. The van der Waals surface area contributed by atoms with E-state index in [1.807, 2.05) is 13.0 Å². The van der Waals surface area contributed by atoms with Gasteiger partial charge in [-0.2, -0.15) is 5.10 Å². The number of nitrogens with two attached hydrogens (primary N) is 1. The molecule has 0 atom stereocenters. The first kappa shape index (κ1) is 10.4. The molecule has 2 heterocycles. The summed E-state index contributed by atoms with van der Waals surface area (Å²) in [6, 6.07) is 8.50. The summed E-state index contributed by atoms with van der Waals surface area (Å²) in [7, 11) is 0. The normalized spacial score (nSPS) is 10.3. The standard InChI is InChI=1S/C11H12N4O/c1-8-5-6-11(16)15(14-8)7-9-3-2-4-10(12)13-9/h2-6H,7H2,1H3,(H2,12,13). The Balaban J connectivity index is 2.34. The van der Waals surface area contributed by atoms with Crippen LogP contribution in [0.2, 0.25) is 0 Å². The van der Waals surface area contributed by atoms with Crippen LogP contribution in [0.25, 0.3) is 0 Å². The molecular formula is C11H12N4O. The average molecular weight is 216 g/mol. The topological polar surface area (TPSA) is 73.8 Å². The molecule has 2 rings (SSSR count). The molecule has 5 nitrogen and oxygen atoms in total. The number of hydrogen-bond donors (Lipinski definition) is 1. The van der Waals surface area contributed by atoms with Crippen LogP contribution in [0.5, 0.6) is 0 Å². The number of pyridine rings is 1. The van der Waals surface area contributed by atoms with Gasteiger partial charge >= 0.3 is 0 Å². The van der Waals surface area contributed by atoms with E-state index in [1.54, 1.807) is 18.2 Å². The number of aryl methyl sites for hydroxylation is 1. The fraction of sp³-hybridized carbons (Fsp3) is 0.182. The van der Waals surface area contributed by atoms with E-state index in [0.717, 1.165) is 11.4 Å². The minimum atomic E-state index is -0.144. The van der Waals surface area contributed by atoms with Crippen molar-refractivity contribution in [3.05, 3.63) is 52.1 Å². The Hall–Kier alpha value is -2.17. The SMILES string of the molecule is Cc1ccc(=O)n(Cc2cccc(N)n2)n1. The van der Waals surface area contributed by atoms with Crippen molar-refractivity contribution >= 4 is 5.82 Å². The van der Waals surface area contributed by atoms with Gasteiger partial charge in [0.05, 0.1) is 17.9 Å². The summed E-state index contributed by atoms with van der Waals surface area (Å²) >= 11 is 0. The van der Waals surface area contributed by atoms with Gasteiger partial charge in [-0.15, -0.1) is 0 Å². The van der Waals surface area contributed by atoms with Gasteiger partial charge in [-0.05, 0) is 25.1 Å². The number of nitrogens with zero attached hydrogens (tertiary/aromatic N) is 3. The van der Waals surface area contributed by atoms with Crippen molar-refractivity contribution in [2.24, 2.45) is 0 Å². The molecule has 2 N–H and O–H groups in total. The Morgan fingerprint density at radius 2 is 2.12 bits per heavy atom. The van der Waals surface area contributed by atoms with Crippen LogP contribution in [0, 0.1) is 6.92 Å². The average Bonchev–Trinajstić information content (AvgIpc) is 2.24. The van der Waals surface area contributed by atoms with Crippen LogP contribution in [0.4, 0.5) is 5.82 Å². The van der Waals surface area contributed by atoms with Crippen molar-refractivity contribution < 1.29 is 0 Å². The lowest BCUT2D eigenvalue weighted by Gasteiger charge is -2.04. The summed E-state index contributed by atoms with van der Waals surface area (Å²) < 4.78 is 1.37. The molecular weight excluding hydrogens is 204 g/mol. The molecule has 0 amide bonds. The number of nitrogen functional groups attached to an aromatic ring is 1. The third-order valence-corrected chi connectivity index (χ3v) is 2.14. The molecule has 0 fully saturated rings. The quantitative estimate of drug-likeness (QED) is 0.796. The fourth-order valence-electron chi connectivity index (χ4n) is 1.40. The van der Waals surface area contributed by atoms with Gasteiger partial charge in [0.25, 0.3) is 5.56 Å². The molecule has 2 aromatic rings. The predicted molar refractivity (Wildman–Crippen MR) is 61.0 cm³/mol. The molecule has 82 valence electrons. The van der Waals surface area contributed by atoms with E-state index in [4.69, 9.17) is 5.73 Å². The van der Waals surface area contributed by atoms with Gasteiger partial charge in [0, 0.05) is 6.07 Å². The highest BCUT2D eigenvalue weighted by molar-refractivity contribution is 5.28. The molecule has 0 radical (unpaired) electrons. The maximum atomic E-state index is 11.5. The minimum Gasteiger partial charge on any atom is -0.384 e. The molecule has 2 aromatic heterocycles. The van der Waals surface area contributed by atoms with Crippen molar-refractivity contribution in [1.82, 2.24) is 14.8 Å². The molecule has 5 heteroatoms. The molecule has 0 saturated carbocycles. The van der Waals surface area contributed by atoms with E-state index in [0.29, 0.717) is 12.4 Å². The van der Waals surface area contributed by atoms with E-state index in [9.17, 15) is 4.79 Å². The highest BCUT2D eigenvalue weighted by Crippen LogP contribution is 2.01. The monoisotopic (exact) mass is 216 g/mol. The van der Waals surface area contributed by atoms with Gasteiger partial charge in [0.15, 0.2) is 0 Å². The van der Waals surface area contributed by atoms with E-state index in [1.165, 1.54) is 10.7 Å². The number of rotatable bonds is 2. The fourth-order valence-corrected chi connectivity index (χ4v) is 1.40. The summed E-state index contributed by atoms with van der Waals surface area (Å²) in [5.41, 5.74) is 6.93. The zero-order valence-corrected chi connectivity index (χ0v) is 8.92. The minimum absolute atomic E-state index is 0.144. The van der Waals surface area contributed by atoms with Crippen molar-refractivity contribution in [1.29, 1.82) is 0 Å². The van der Waals surface area contributed by atoms with Crippen LogP contribution in [-0.4, -0.2) is 14.8 Å². The van der Waals surface area contributed by atoms with Crippen molar-refractivity contribution in [3.63, 3.8) is 0 Å². The van der Waals surface area contributed by atoms with Crippen LogP contribution >= 0.6 is 0 Å². The molecule has 0 unspecified atom stereocenters. The summed E-state index contributed by atoms with van der Waals surface area (Å²) in [6.45, 7) is 2.17. The van der Waals surface area contributed by atoms with Crippen LogP contribution in [-0.2, 0) is 6.54 Å². The van der Waals surface area contributed by atoms with Crippen molar-refractivity contribution in [2.45, 2.75) is 13.5 Å². The Bertz CT molecular complexity index is 562. The molecule has 16 heavy (non-hydrogen) atoms. The van der Waals surface area contributed by atoms with E-state index in [-0.39, 0.29) is 5.56 Å². The molecule has 0 aliphatic carbocycles. The largest absolute Gasteiger partial charge is 0.384 e. The van der Waals surface area contributed by atoms with Crippen LogP contribution in [0.15, 0.2) is 35.1 Å². The van der Waals surface area contributed by atoms with Crippen LogP contribution in [0.1, 0.15) is 11.4 Å². The van der Waals surface area contributed by atoms with Gasteiger partial charge in [-0.25, -0.2) is 9.67 Å². The predicted octanol–water partition coefficient (Wildman–Crippen LogP) is 0.577. The molecule has 0 aromatic carbocycles. The summed E-state index contributed by atoms with van der Waals surface area (Å²) in [4.78, 5) is 15.6. The summed E-state index contributed by atoms with van der Waals surface area (Å²) in [6.07, 6.45) is 0. The van der Waals surface area contributed by atoms with Gasteiger partial charge in [-0.3, -0.25) is 4.79 Å². The van der Waals surface area contributed by atoms with Gasteiger partial charge in [0.2, 0.25) is 0 Å². The first-order chi connectivity index (χ1) is 7.65. The molecule has 0 spiro atoms. The second kappa shape index (κ2) is 4.14. The molecule has 0 aliphatic heterocycles. The first-order valence-electron chi connectivity index (χ1n) is 4.91. The number of aromatic nitrogens is 3. The molecule has 0 aliphatic rings. The lowest BCUT2D eigenvalue weighted by atomic mass is 10.3. The molecule has 0 saturated heterocycles. The van der Waals surface area contributed by atoms with Crippen molar-refractivity contribution in [2.75, 3.05) is 5.73 Å². The van der Waals surface area contributed by atoms with Crippen molar-refractivity contribution in [3.8, 4) is 0 Å². The number of anilines is 1. The molecule has 0 bridgehead atoms. The Labute approximate surface area is 92.6 Å². The third-order valence-electron chi connectivity index (χ3n) is 2.14. The Morgan fingerprint density at radius 3 is 2.88 bits per heavy atom. The lowest BCUT2D eigenvalue weighted by Crippen LogP contribution is -2.23. The maximum Gasteiger partial charge on any atom is 0.267 e. The Kier molecular flexibility index (Phi) is 2.68. The zero-order valence-electron chi connectivity index (χ0n) is 8.92. The lowest BCUT2D eigenvalue weighted by molar-refractivity contribution is 0.618. The zero-order chi connectivity index (χ0) is 11.5. The van der Waals surface area contributed by atoms with E-state index in [2.05, 4.69) is 10.1 Å². The van der Waals surface area contributed by atoms with Gasteiger partial charge < -0.3 is 5.73 Å². The third kappa shape index (κ3) is 2.25. The van der Waals surface area contributed by atoms with E-state index < -0.39 is 0 Å². The van der Waals surface area contributed by atoms with Gasteiger partial charge in [0.1, 0.15) is 5.82 Å². The second-order valence-corrected chi connectivity index (χ2v) is 3.52. The maximum absolute atomic E-state index is 11.5. The van der Waals surface area contributed by atoms with Crippen LogP contribution < -0.4 is 11.3 Å². The number of hydrogen-bond acceptors (Lipinski definition) is 4. The highest BCUT2D eigenvalue weighted by Gasteiger charge is 2.01.